The van der Waals surface area contributed by atoms with Gasteiger partial charge in [0.15, 0.2) is 11.9 Å². The number of ketones is 1. The number of nitrogens with zero attached hydrogens (tertiary/aromatic N) is 4. The zero-order valence-electron chi connectivity index (χ0n) is 18.7. The maximum atomic E-state index is 13.4. The molecule has 166 valence electrons. The van der Waals surface area contributed by atoms with E-state index < -0.39 is 6.10 Å². The van der Waals surface area contributed by atoms with Gasteiger partial charge in [-0.1, -0.05) is 11.8 Å². The number of carbonyl (C=O) groups is 2. The van der Waals surface area contributed by atoms with Gasteiger partial charge in [-0.05, 0) is 83.3 Å². The van der Waals surface area contributed by atoms with Gasteiger partial charge in [0, 0.05) is 22.4 Å². The summed E-state index contributed by atoms with van der Waals surface area (Å²) in [7, 11) is 0. The minimum atomic E-state index is -0.699. The molecule has 4 bridgehead atoms. The quantitative estimate of drug-likeness (QED) is 0.498. The Morgan fingerprint density at radius 2 is 1.74 bits per heavy atom. The lowest BCUT2D eigenvalue weighted by atomic mass is 9.48. The molecule has 4 saturated carbocycles. The molecule has 0 radical (unpaired) electrons. The van der Waals surface area contributed by atoms with Crippen LogP contribution in [0.3, 0.4) is 0 Å². The van der Waals surface area contributed by atoms with E-state index in [9.17, 15) is 9.59 Å². The van der Waals surface area contributed by atoms with Gasteiger partial charge in [0.2, 0.25) is 5.16 Å². The van der Waals surface area contributed by atoms with E-state index in [1.165, 1.54) is 31.0 Å². The summed E-state index contributed by atoms with van der Waals surface area (Å²) in [5.74, 6) is 2.35. The summed E-state index contributed by atoms with van der Waals surface area (Å²) in [6.07, 6.45) is 8.12. The van der Waals surface area contributed by atoms with Crippen molar-refractivity contribution in [3.63, 3.8) is 0 Å². The first-order valence-electron chi connectivity index (χ1n) is 11.3. The Morgan fingerprint density at radius 3 is 2.32 bits per heavy atom. The number of aryl methyl sites for hydroxylation is 2. The van der Waals surface area contributed by atoms with Crippen LogP contribution in [0, 0.1) is 37.0 Å². The number of esters is 1. The molecule has 4 aliphatic carbocycles. The van der Waals surface area contributed by atoms with Gasteiger partial charge in [-0.25, -0.2) is 9.50 Å². The molecular formula is C23H30N4O3S. The zero-order chi connectivity index (χ0) is 21.9. The normalized spacial score (nSPS) is 30.0. The van der Waals surface area contributed by atoms with Gasteiger partial charge in [0.1, 0.15) is 0 Å². The average Bonchev–Trinajstić information content (AvgIpc) is 3.12. The number of thioether (sulfide) groups is 1. The number of ether oxygens (including phenoxy) is 1. The van der Waals surface area contributed by atoms with Gasteiger partial charge in [-0.15, -0.1) is 5.10 Å². The molecule has 1 atom stereocenters. The van der Waals surface area contributed by atoms with E-state index in [1.54, 1.807) is 11.4 Å². The molecule has 7 nitrogen and oxygen atoms in total. The summed E-state index contributed by atoms with van der Waals surface area (Å²) in [5, 5.41) is 5.08. The second-order valence-corrected chi connectivity index (χ2v) is 10.7. The van der Waals surface area contributed by atoms with Crippen LogP contribution in [0.2, 0.25) is 0 Å². The molecule has 0 aromatic carbocycles. The highest BCUT2D eigenvalue weighted by Gasteiger charge is 2.55. The predicted molar refractivity (Wildman–Crippen MR) is 117 cm³/mol. The standard InChI is InChI=1S/C23H30N4O3S/c1-12-18(13(2)27-21(24-12)25-22(26-27)31-4)8-19(28)30-14(3)20(29)23-9-15-5-16(10-23)7-17(6-15)11-23/h14-17H,5-11H2,1-4H3/t14-,15?,16?,17?,23?/m0/s1. The van der Waals surface area contributed by atoms with Crippen LogP contribution in [0.15, 0.2) is 5.16 Å². The first kappa shape index (κ1) is 20.9. The summed E-state index contributed by atoms with van der Waals surface area (Å²) in [6, 6.07) is 0. The van der Waals surface area contributed by atoms with E-state index in [2.05, 4.69) is 15.1 Å². The summed E-state index contributed by atoms with van der Waals surface area (Å²) in [6.45, 7) is 5.53. The highest BCUT2D eigenvalue weighted by atomic mass is 32.2. The monoisotopic (exact) mass is 442 g/mol. The van der Waals surface area contributed by atoms with Gasteiger partial charge in [0.25, 0.3) is 5.78 Å². The van der Waals surface area contributed by atoms with Crippen molar-refractivity contribution < 1.29 is 14.3 Å². The molecule has 31 heavy (non-hydrogen) atoms. The summed E-state index contributed by atoms with van der Waals surface area (Å²) < 4.78 is 7.36. The molecule has 4 aliphatic rings. The Hall–Kier alpha value is -1.96. The molecule has 0 spiro atoms. The molecular weight excluding hydrogens is 412 g/mol. The van der Waals surface area contributed by atoms with Gasteiger partial charge >= 0.3 is 5.97 Å². The predicted octanol–water partition coefficient (Wildman–Crippen LogP) is 3.72. The number of hydrogen-bond acceptors (Lipinski definition) is 7. The Kier molecular flexibility index (Phi) is 5.11. The maximum Gasteiger partial charge on any atom is 0.311 e. The molecule has 4 fully saturated rings. The lowest BCUT2D eigenvalue weighted by Crippen LogP contribution is -2.52. The number of aromatic nitrogens is 4. The highest BCUT2D eigenvalue weighted by molar-refractivity contribution is 7.98. The van der Waals surface area contributed by atoms with Crippen molar-refractivity contribution in [2.75, 3.05) is 6.26 Å². The Morgan fingerprint density at radius 1 is 1.13 bits per heavy atom. The van der Waals surface area contributed by atoms with Crippen molar-refractivity contribution in [3.05, 3.63) is 17.0 Å². The topological polar surface area (TPSA) is 86.5 Å². The molecule has 0 N–H and O–H groups in total. The molecule has 0 amide bonds. The average molecular weight is 443 g/mol. The van der Waals surface area contributed by atoms with Gasteiger partial charge < -0.3 is 4.74 Å². The Balaban J connectivity index is 1.30. The van der Waals surface area contributed by atoms with Crippen molar-refractivity contribution >= 4 is 29.3 Å². The molecule has 6 rings (SSSR count). The molecule has 2 heterocycles. The molecule has 2 aromatic heterocycles. The molecule has 0 saturated heterocycles. The number of hydrogen-bond donors (Lipinski definition) is 0. The SMILES string of the molecule is CSc1nc2nc(C)c(CC(=O)O[C@@H](C)C(=O)C34CC5CC(CC(C5)C3)C4)c(C)n2n1. The van der Waals surface area contributed by atoms with Crippen LogP contribution in [0.5, 0.6) is 0 Å². The highest BCUT2D eigenvalue weighted by Crippen LogP contribution is 2.60. The van der Waals surface area contributed by atoms with Gasteiger partial charge in [-0.3, -0.25) is 9.59 Å². The fourth-order valence-electron chi connectivity index (χ4n) is 6.81. The first-order chi connectivity index (χ1) is 14.8. The second kappa shape index (κ2) is 7.57. The Bertz CT molecular complexity index is 1030. The third kappa shape index (κ3) is 3.56. The van der Waals surface area contributed by atoms with E-state index in [4.69, 9.17) is 4.74 Å². The van der Waals surface area contributed by atoms with Crippen LogP contribution in [0.25, 0.3) is 5.78 Å². The van der Waals surface area contributed by atoms with Crippen LogP contribution < -0.4 is 0 Å². The lowest BCUT2D eigenvalue weighted by Gasteiger charge is -2.56. The summed E-state index contributed by atoms with van der Waals surface area (Å²) in [5.41, 5.74) is 2.09. The zero-order valence-corrected chi connectivity index (χ0v) is 19.5. The smallest absolute Gasteiger partial charge is 0.311 e. The molecule has 2 aromatic rings. The number of rotatable bonds is 6. The molecule has 0 aliphatic heterocycles. The largest absolute Gasteiger partial charge is 0.454 e. The van der Waals surface area contributed by atoms with E-state index in [1.807, 2.05) is 20.1 Å². The van der Waals surface area contributed by atoms with Crippen LogP contribution >= 0.6 is 11.8 Å². The van der Waals surface area contributed by atoms with Crippen molar-refractivity contribution in [1.29, 1.82) is 0 Å². The van der Waals surface area contributed by atoms with Crippen LogP contribution in [0.4, 0.5) is 0 Å². The maximum absolute atomic E-state index is 13.4. The van der Waals surface area contributed by atoms with E-state index in [0.717, 1.165) is 36.2 Å². The second-order valence-electron chi connectivity index (χ2n) is 9.94. The van der Waals surface area contributed by atoms with Crippen molar-refractivity contribution in [2.45, 2.75) is 77.0 Å². The molecule has 8 heteroatoms. The third-order valence-corrected chi connectivity index (χ3v) is 8.31. The van der Waals surface area contributed by atoms with E-state index in [0.29, 0.717) is 28.7 Å². The van der Waals surface area contributed by atoms with E-state index >= 15 is 0 Å². The van der Waals surface area contributed by atoms with Gasteiger partial charge in [0.05, 0.1) is 6.42 Å². The van der Waals surface area contributed by atoms with E-state index in [-0.39, 0.29) is 23.6 Å². The third-order valence-electron chi connectivity index (χ3n) is 7.77. The fourth-order valence-corrected chi connectivity index (χ4v) is 7.15. The lowest BCUT2D eigenvalue weighted by molar-refractivity contribution is -0.164. The van der Waals surface area contributed by atoms with Crippen LogP contribution in [0.1, 0.15) is 62.4 Å². The minimum Gasteiger partial charge on any atom is -0.454 e. The number of carbonyl (C=O) groups excluding carboxylic acids is 2. The number of fused-ring (bicyclic) bond motifs is 1. The number of Topliss-reactive ketones (excluding diaryl/α,β-unsaturated/α-hetero) is 1. The van der Waals surface area contributed by atoms with Gasteiger partial charge in [-0.2, -0.15) is 4.98 Å². The minimum absolute atomic E-state index is 0.0769. The summed E-state index contributed by atoms with van der Waals surface area (Å²) >= 11 is 1.45. The van der Waals surface area contributed by atoms with Crippen molar-refractivity contribution in [2.24, 2.45) is 23.2 Å². The van der Waals surface area contributed by atoms with Crippen molar-refractivity contribution in [1.82, 2.24) is 19.6 Å². The van der Waals surface area contributed by atoms with Crippen LogP contribution in [-0.2, 0) is 20.7 Å². The molecule has 0 unspecified atom stereocenters. The van der Waals surface area contributed by atoms with Crippen LogP contribution in [-0.4, -0.2) is 43.7 Å². The van der Waals surface area contributed by atoms with Crippen molar-refractivity contribution in [3.8, 4) is 0 Å². The summed E-state index contributed by atoms with van der Waals surface area (Å²) in [4.78, 5) is 35.1. The first-order valence-corrected chi connectivity index (χ1v) is 12.5. The fraction of sp³-hybridized carbons (Fsp3) is 0.696. The Labute approximate surface area is 186 Å².